The third-order valence-electron chi connectivity index (χ3n) is 2.31. The molecule has 0 amide bonds. The molecule has 6 heteroatoms. The summed E-state index contributed by atoms with van der Waals surface area (Å²) in [5.41, 5.74) is 0.785. The van der Waals surface area contributed by atoms with Crippen molar-refractivity contribution in [1.82, 2.24) is 9.97 Å². The number of aromatic nitrogens is 2. The van der Waals surface area contributed by atoms with E-state index >= 15 is 0 Å². The Morgan fingerprint density at radius 2 is 2.21 bits per heavy atom. The molecule has 0 atom stereocenters. The number of carbonyl (C=O) groups is 1. The van der Waals surface area contributed by atoms with Crippen molar-refractivity contribution in [2.75, 3.05) is 7.11 Å². The minimum Gasteiger partial charge on any atom is -0.464 e. The van der Waals surface area contributed by atoms with Gasteiger partial charge in [0.15, 0.2) is 5.69 Å². The second-order valence-electron chi connectivity index (χ2n) is 3.64. The van der Waals surface area contributed by atoms with Crippen LogP contribution in [0, 0.1) is 0 Å². The summed E-state index contributed by atoms with van der Waals surface area (Å²) in [4.78, 5) is 19.1. The van der Waals surface area contributed by atoms with E-state index in [-0.39, 0.29) is 18.2 Å². The highest BCUT2D eigenvalue weighted by molar-refractivity contribution is 5.86. The van der Waals surface area contributed by atoms with Crippen LogP contribution in [0.4, 0.5) is 0 Å². The van der Waals surface area contributed by atoms with Crippen LogP contribution in [0.15, 0.2) is 36.7 Å². The van der Waals surface area contributed by atoms with Crippen LogP contribution < -0.4 is 4.74 Å². The number of aliphatic hydroxyl groups excluding tert-OH is 1. The first kappa shape index (κ1) is 13.0. The summed E-state index contributed by atoms with van der Waals surface area (Å²) in [6.45, 7) is -0.0783. The quantitative estimate of drug-likeness (QED) is 0.840. The number of rotatable bonds is 4. The Balaban J connectivity index is 2.20. The molecule has 1 N–H and O–H groups in total. The van der Waals surface area contributed by atoms with Crippen LogP contribution in [-0.4, -0.2) is 28.2 Å². The largest absolute Gasteiger partial charge is 0.464 e. The van der Waals surface area contributed by atoms with Gasteiger partial charge >= 0.3 is 5.97 Å². The molecule has 2 rings (SSSR count). The minimum absolute atomic E-state index is 0.0679. The molecule has 0 saturated carbocycles. The Bertz CT molecular complexity index is 586. The normalized spacial score (nSPS) is 10.0. The molecular weight excluding hydrogens is 248 g/mol. The zero-order chi connectivity index (χ0) is 13.7. The number of methoxy groups -OCH3 is 1. The molecule has 0 fully saturated rings. The molecular formula is C13H12N2O4. The zero-order valence-electron chi connectivity index (χ0n) is 10.2. The third kappa shape index (κ3) is 3.26. The summed E-state index contributed by atoms with van der Waals surface area (Å²) < 4.78 is 10.0. The number of hydrogen-bond donors (Lipinski definition) is 1. The van der Waals surface area contributed by atoms with Crippen LogP contribution in [0.2, 0.25) is 0 Å². The van der Waals surface area contributed by atoms with Gasteiger partial charge in [0.1, 0.15) is 5.75 Å². The van der Waals surface area contributed by atoms with Crippen LogP contribution in [-0.2, 0) is 11.3 Å². The fraction of sp³-hybridized carbons (Fsp3) is 0.154. The van der Waals surface area contributed by atoms with Gasteiger partial charge in [-0.15, -0.1) is 0 Å². The number of aliphatic hydroxyl groups is 1. The maximum atomic E-state index is 11.3. The number of carbonyl (C=O) groups excluding carboxylic acids is 1. The molecule has 2 aromatic rings. The predicted octanol–water partition coefficient (Wildman–Crippen LogP) is 1.55. The average Bonchev–Trinajstić information content (AvgIpc) is 2.47. The molecule has 1 aromatic carbocycles. The molecule has 0 saturated heterocycles. The van der Waals surface area contributed by atoms with Crippen LogP contribution in [0.5, 0.6) is 11.6 Å². The fourth-order valence-corrected chi connectivity index (χ4v) is 1.43. The Kier molecular flexibility index (Phi) is 4.04. The first-order valence-corrected chi connectivity index (χ1v) is 5.51. The molecule has 0 aliphatic heterocycles. The Morgan fingerprint density at radius 3 is 2.95 bits per heavy atom. The van der Waals surface area contributed by atoms with Crippen molar-refractivity contribution < 1.29 is 19.4 Å². The average molecular weight is 260 g/mol. The highest BCUT2D eigenvalue weighted by Gasteiger charge is 2.09. The first-order chi connectivity index (χ1) is 9.22. The summed E-state index contributed by atoms with van der Waals surface area (Å²) in [5.74, 6) is 0.0999. The topological polar surface area (TPSA) is 81.5 Å². The summed E-state index contributed by atoms with van der Waals surface area (Å²) in [6, 6.07) is 6.90. The third-order valence-corrected chi connectivity index (χ3v) is 2.31. The van der Waals surface area contributed by atoms with Gasteiger partial charge in [-0.25, -0.2) is 9.78 Å². The molecule has 0 bridgehead atoms. The summed E-state index contributed by atoms with van der Waals surface area (Å²) in [5, 5.41) is 9.03. The molecule has 19 heavy (non-hydrogen) atoms. The molecule has 0 spiro atoms. The molecule has 0 radical (unpaired) electrons. The highest BCUT2D eigenvalue weighted by Crippen LogP contribution is 2.20. The van der Waals surface area contributed by atoms with Crippen LogP contribution in [0.25, 0.3) is 0 Å². The van der Waals surface area contributed by atoms with Gasteiger partial charge in [0.05, 0.1) is 26.1 Å². The van der Waals surface area contributed by atoms with E-state index in [1.165, 1.54) is 19.5 Å². The number of esters is 1. The SMILES string of the molecule is COC(=O)c1cncc(Oc2cccc(CO)c2)n1. The molecule has 0 aliphatic rings. The summed E-state index contributed by atoms with van der Waals surface area (Å²) >= 11 is 0. The van der Waals surface area contributed by atoms with Gasteiger partial charge in [-0.3, -0.25) is 4.98 Å². The predicted molar refractivity (Wildman–Crippen MR) is 65.8 cm³/mol. The lowest BCUT2D eigenvalue weighted by Gasteiger charge is -2.06. The van der Waals surface area contributed by atoms with E-state index in [4.69, 9.17) is 9.84 Å². The summed E-state index contributed by atoms with van der Waals surface area (Å²) in [7, 11) is 1.27. The highest BCUT2D eigenvalue weighted by atomic mass is 16.5. The van der Waals surface area contributed by atoms with Gasteiger partial charge in [0, 0.05) is 0 Å². The van der Waals surface area contributed by atoms with Crippen LogP contribution in [0.1, 0.15) is 16.1 Å². The van der Waals surface area contributed by atoms with Gasteiger partial charge in [-0.05, 0) is 17.7 Å². The van der Waals surface area contributed by atoms with E-state index in [2.05, 4.69) is 14.7 Å². The Morgan fingerprint density at radius 1 is 1.37 bits per heavy atom. The Labute approximate surface area is 109 Å². The van der Waals surface area contributed by atoms with Crippen molar-refractivity contribution in [3.05, 3.63) is 47.9 Å². The lowest BCUT2D eigenvalue weighted by atomic mass is 10.2. The molecule has 0 aliphatic carbocycles. The maximum absolute atomic E-state index is 11.3. The molecule has 1 heterocycles. The van der Waals surface area contributed by atoms with Gasteiger partial charge < -0.3 is 14.6 Å². The van der Waals surface area contributed by atoms with E-state index in [0.29, 0.717) is 5.75 Å². The lowest BCUT2D eigenvalue weighted by molar-refractivity contribution is 0.0592. The van der Waals surface area contributed by atoms with Crippen LogP contribution >= 0.6 is 0 Å². The number of nitrogens with zero attached hydrogens (tertiary/aromatic N) is 2. The Hall–Kier alpha value is -2.47. The van der Waals surface area contributed by atoms with Gasteiger partial charge in [0.25, 0.3) is 0 Å². The number of ether oxygens (including phenoxy) is 2. The molecule has 98 valence electrons. The molecule has 6 nitrogen and oxygen atoms in total. The van der Waals surface area contributed by atoms with E-state index in [1.807, 2.05) is 0 Å². The van der Waals surface area contributed by atoms with Gasteiger partial charge in [0.2, 0.25) is 5.88 Å². The minimum atomic E-state index is -0.581. The van der Waals surface area contributed by atoms with E-state index in [9.17, 15) is 4.79 Å². The van der Waals surface area contributed by atoms with Gasteiger partial charge in [-0.2, -0.15) is 0 Å². The smallest absolute Gasteiger partial charge is 0.358 e. The fourth-order valence-electron chi connectivity index (χ4n) is 1.43. The van der Waals surface area contributed by atoms with Crippen molar-refractivity contribution in [1.29, 1.82) is 0 Å². The van der Waals surface area contributed by atoms with Crippen molar-refractivity contribution in [2.45, 2.75) is 6.61 Å². The van der Waals surface area contributed by atoms with Crippen molar-refractivity contribution in [3.8, 4) is 11.6 Å². The first-order valence-electron chi connectivity index (χ1n) is 5.51. The van der Waals surface area contributed by atoms with Crippen LogP contribution in [0.3, 0.4) is 0 Å². The van der Waals surface area contributed by atoms with E-state index in [1.54, 1.807) is 24.3 Å². The number of hydrogen-bond acceptors (Lipinski definition) is 6. The number of benzene rings is 1. The van der Waals surface area contributed by atoms with Crippen molar-refractivity contribution >= 4 is 5.97 Å². The summed E-state index contributed by atoms with van der Waals surface area (Å²) in [6.07, 6.45) is 2.68. The van der Waals surface area contributed by atoms with E-state index < -0.39 is 5.97 Å². The zero-order valence-corrected chi connectivity index (χ0v) is 10.2. The maximum Gasteiger partial charge on any atom is 0.358 e. The molecule has 1 aromatic heterocycles. The second kappa shape index (κ2) is 5.92. The standard InChI is InChI=1S/C13H12N2O4/c1-18-13(17)11-6-14-7-12(15-11)19-10-4-2-3-9(5-10)8-16/h2-7,16H,8H2,1H3. The van der Waals surface area contributed by atoms with Crippen molar-refractivity contribution in [3.63, 3.8) is 0 Å². The second-order valence-corrected chi connectivity index (χ2v) is 3.64. The van der Waals surface area contributed by atoms with Crippen molar-refractivity contribution in [2.24, 2.45) is 0 Å². The monoisotopic (exact) mass is 260 g/mol. The lowest BCUT2D eigenvalue weighted by Crippen LogP contribution is -2.05. The van der Waals surface area contributed by atoms with Gasteiger partial charge in [-0.1, -0.05) is 12.1 Å². The van der Waals surface area contributed by atoms with E-state index in [0.717, 1.165) is 5.56 Å². The molecule has 0 unspecified atom stereocenters.